The summed E-state index contributed by atoms with van der Waals surface area (Å²) in [6, 6.07) is 9.99. The Hall–Kier alpha value is -2.02. The summed E-state index contributed by atoms with van der Waals surface area (Å²) >= 11 is 0. The quantitative estimate of drug-likeness (QED) is 0.0964. The van der Waals surface area contributed by atoms with Gasteiger partial charge in [0.05, 0.1) is 0 Å². The highest BCUT2D eigenvalue weighted by molar-refractivity contribution is 7.59. The Morgan fingerprint density at radius 1 is 1.03 bits per heavy atom. The van der Waals surface area contributed by atoms with E-state index in [0.717, 1.165) is 51.4 Å². The standard InChI is InChI=1S/C30H46NO7P/c1-4-26(32)36-28(23(2)3)38-39(35,21-12-11-16-24-14-7-5-8-15-24)22-27(33)37-29(34)30(19-13-20-31-30)25-17-9-6-10-18-25/h5,7-8,14-15,23,25,28,31H,4,6,9-13,16-22H2,1-3H3/t28?,30-,39?/m1/s1. The summed E-state index contributed by atoms with van der Waals surface area (Å²) in [6.45, 7) is 5.98. The van der Waals surface area contributed by atoms with Crippen LogP contribution >= 0.6 is 7.37 Å². The van der Waals surface area contributed by atoms with Crippen molar-refractivity contribution in [3.05, 3.63) is 35.9 Å². The van der Waals surface area contributed by atoms with Crippen LogP contribution in [0, 0.1) is 11.8 Å². The lowest BCUT2D eigenvalue weighted by atomic mass is 9.74. The third-order valence-corrected chi connectivity index (χ3v) is 10.2. The Morgan fingerprint density at radius 2 is 1.74 bits per heavy atom. The van der Waals surface area contributed by atoms with E-state index in [1.54, 1.807) is 20.8 Å². The zero-order valence-corrected chi connectivity index (χ0v) is 24.7. The molecule has 39 heavy (non-hydrogen) atoms. The van der Waals surface area contributed by atoms with Crippen molar-refractivity contribution in [1.82, 2.24) is 5.32 Å². The first-order chi connectivity index (χ1) is 18.7. The number of nitrogens with one attached hydrogen (secondary N) is 1. The van der Waals surface area contributed by atoms with E-state index < -0.39 is 43.3 Å². The number of hydrogen-bond donors (Lipinski definition) is 1. The zero-order chi connectivity index (χ0) is 28.3. The molecule has 0 aromatic heterocycles. The van der Waals surface area contributed by atoms with Crippen LogP contribution in [0.5, 0.6) is 0 Å². The average Bonchev–Trinajstić information content (AvgIpc) is 3.43. The van der Waals surface area contributed by atoms with E-state index in [1.807, 2.05) is 30.3 Å². The van der Waals surface area contributed by atoms with Crippen LogP contribution in [0.15, 0.2) is 30.3 Å². The molecule has 1 saturated heterocycles. The van der Waals surface area contributed by atoms with Gasteiger partial charge in [-0.2, -0.15) is 0 Å². The van der Waals surface area contributed by atoms with Gasteiger partial charge in [0.2, 0.25) is 13.7 Å². The van der Waals surface area contributed by atoms with Gasteiger partial charge in [-0.15, -0.1) is 0 Å². The number of ether oxygens (including phenoxy) is 2. The predicted octanol–water partition coefficient (Wildman–Crippen LogP) is 6.01. The van der Waals surface area contributed by atoms with Crippen LogP contribution < -0.4 is 5.32 Å². The first-order valence-corrected chi connectivity index (χ1v) is 16.7. The average molecular weight is 564 g/mol. The Morgan fingerprint density at radius 3 is 2.36 bits per heavy atom. The van der Waals surface area contributed by atoms with Crippen molar-refractivity contribution in [2.24, 2.45) is 11.8 Å². The molecule has 2 fully saturated rings. The van der Waals surface area contributed by atoms with Crippen molar-refractivity contribution in [2.45, 2.75) is 103 Å². The summed E-state index contributed by atoms with van der Waals surface area (Å²) < 4.78 is 30.8. The smallest absolute Gasteiger partial charge is 0.334 e. The molecule has 3 atom stereocenters. The molecule has 1 heterocycles. The molecular formula is C30H46NO7P. The molecule has 8 nitrogen and oxygen atoms in total. The molecule has 1 aliphatic heterocycles. The third kappa shape index (κ3) is 9.26. The normalized spacial score (nSPS) is 22.3. The fourth-order valence-corrected chi connectivity index (χ4v) is 7.82. The van der Waals surface area contributed by atoms with Crippen LogP contribution in [-0.4, -0.2) is 48.6 Å². The molecule has 1 aromatic carbocycles. The van der Waals surface area contributed by atoms with Crippen molar-refractivity contribution < 1.29 is 32.9 Å². The summed E-state index contributed by atoms with van der Waals surface area (Å²) in [4.78, 5) is 38.5. The minimum atomic E-state index is -3.64. The van der Waals surface area contributed by atoms with Gasteiger partial charge in [0.15, 0.2) is 0 Å². The van der Waals surface area contributed by atoms with Crippen molar-refractivity contribution in [1.29, 1.82) is 0 Å². The van der Waals surface area contributed by atoms with Gasteiger partial charge >= 0.3 is 17.9 Å². The number of carbonyl (C=O) groups excluding carboxylic acids is 3. The molecule has 1 aromatic rings. The fraction of sp³-hybridized carbons (Fsp3) is 0.700. The Balaban J connectivity index is 1.68. The number of carbonyl (C=O) groups is 3. The molecule has 0 radical (unpaired) electrons. The van der Waals surface area contributed by atoms with Crippen LogP contribution in [-0.2, 0) is 39.4 Å². The molecule has 0 bridgehead atoms. The first-order valence-electron chi connectivity index (χ1n) is 14.7. The molecular weight excluding hydrogens is 517 g/mol. The maximum absolute atomic E-state index is 14.1. The van der Waals surface area contributed by atoms with Gasteiger partial charge in [0.1, 0.15) is 11.7 Å². The summed E-state index contributed by atoms with van der Waals surface area (Å²) in [7, 11) is -3.64. The molecule has 1 N–H and O–H groups in total. The Kier molecular flexibility index (Phi) is 12.2. The number of rotatable bonds is 14. The summed E-state index contributed by atoms with van der Waals surface area (Å²) in [6.07, 6.45) is 7.43. The molecule has 9 heteroatoms. The number of aryl methyl sites for hydroxylation is 1. The maximum atomic E-state index is 14.1. The van der Waals surface area contributed by atoms with Crippen LogP contribution in [0.2, 0.25) is 0 Å². The summed E-state index contributed by atoms with van der Waals surface area (Å²) in [5, 5.41) is 3.36. The van der Waals surface area contributed by atoms with Gasteiger partial charge in [0, 0.05) is 18.5 Å². The second kappa shape index (κ2) is 15.1. The van der Waals surface area contributed by atoms with Crippen LogP contribution in [0.25, 0.3) is 0 Å². The van der Waals surface area contributed by atoms with E-state index >= 15 is 0 Å². The van der Waals surface area contributed by atoms with Crippen molar-refractivity contribution in [3.8, 4) is 0 Å². The highest BCUT2D eigenvalue weighted by Crippen LogP contribution is 2.50. The molecule has 2 aliphatic rings. The lowest BCUT2D eigenvalue weighted by molar-refractivity contribution is -0.169. The minimum absolute atomic E-state index is 0.127. The zero-order valence-electron chi connectivity index (χ0n) is 23.8. The highest BCUT2D eigenvalue weighted by atomic mass is 31.2. The van der Waals surface area contributed by atoms with Gasteiger partial charge in [-0.25, -0.2) is 4.79 Å². The summed E-state index contributed by atoms with van der Waals surface area (Å²) in [5.74, 6) is -2.02. The first kappa shape index (κ1) is 31.5. The van der Waals surface area contributed by atoms with Crippen LogP contribution in [0.1, 0.15) is 90.5 Å². The number of hydrogen-bond acceptors (Lipinski definition) is 8. The topological polar surface area (TPSA) is 108 Å². The van der Waals surface area contributed by atoms with E-state index in [0.29, 0.717) is 19.4 Å². The highest BCUT2D eigenvalue weighted by Gasteiger charge is 2.50. The second-order valence-corrected chi connectivity index (χ2v) is 13.9. The SMILES string of the molecule is CCC(=O)OC(OP(=O)(CCCCc1ccccc1)CC(=O)OC(=O)[C@]1(C2CCCCC2)CCCN1)C(C)C. The maximum Gasteiger partial charge on any atom is 0.334 e. The largest absolute Gasteiger partial charge is 0.435 e. The van der Waals surface area contributed by atoms with Gasteiger partial charge in [0.25, 0.3) is 0 Å². The fourth-order valence-electron chi connectivity index (χ4n) is 5.65. The lowest BCUT2D eigenvalue weighted by Gasteiger charge is -2.37. The number of unbranched alkanes of at least 4 members (excludes halogenated alkanes) is 1. The van der Waals surface area contributed by atoms with Crippen LogP contribution in [0.4, 0.5) is 0 Å². The van der Waals surface area contributed by atoms with E-state index in [-0.39, 0.29) is 24.4 Å². The lowest BCUT2D eigenvalue weighted by Crippen LogP contribution is -2.55. The van der Waals surface area contributed by atoms with Crippen molar-refractivity contribution in [3.63, 3.8) is 0 Å². The van der Waals surface area contributed by atoms with Gasteiger partial charge in [-0.3, -0.25) is 18.7 Å². The van der Waals surface area contributed by atoms with Gasteiger partial charge < -0.3 is 14.8 Å². The second-order valence-electron chi connectivity index (χ2n) is 11.3. The minimum Gasteiger partial charge on any atom is -0.435 e. The molecule has 2 unspecified atom stereocenters. The van der Waals surface area contributed by atoms with Crippen molar-refractivity contribution >= 4 is 25.3 Å². The number of benzene rings is 1. The Bertz CT molecular complexity index is 984. The summed E-state index contributed by atoms with van der Waals surface area (Å²) in [5.41, 5.74) is 0.320. The van der Waals surface area contributed by atoms with E-state index in [9.17, 15) is 18.9 Å². The Labute approximate surface area is 233 Å². The van der Waals surface area contributed by atoms with E-state index in [1.165, 1.54) is 5.56 Å². The van der Waals surface area contributed by atoms with E-state index in [2.05, 4.69) is 5.32 Å². The van der Waals surface area contributed by atoms with Crippen molar-refractivity contribution in [2.75, 3.05) is 18.9 Å². The molecule has 0 spiro atoms. The monoisotopic (exact) mass is 563 g/mol. The molecule has 1 aliphatic carbocycles. The van der Waals surface area contributed by atoms with Gasteiger partial charge in [-0.1, -0.05) is 70.4 Å². The van der Waals surface area contributed by atoms with Crippen LogP contribution in [0.3, 0.4) is 0 Å². The third-order valence-electron chi connectivity index (χ3n) is 7.86. The van der Waals surface area contributed by atoms with Gasteiger partial charge in [-0.05, 0) is 63.0 Å². The molecule has 3 rings (SSSR count). The molecule has 1 saturated carbocycles. The predicted molar refractivity (Wildman–Crippen MR) is 150 cm³/mol. The van der Waals surface area contributed by atoms with E-state index in [4.69, 9.17) is 14.0 Å². The number of esters is 3. The molecule has 218 valence electrons. The molecule has 0 amide bonds.